The van der Waals surface area contributed by atoms with Crippen LogP contribution in [0.15, 0.2) is 18.2 Å². The van der Waals surface area contributed by atoms with E-state index in [1.165, 1.54) is 19.2 Å². The Morgan fingerprint density at radius 3 is 2.67 bits per heavy atom. The third kappa shape index (κ3) is 2.78. The zero-order valence-corrected chi connectivity index (χ0v) is 9.21. The van der Waals surface area contributed by atoms with Crippen LogP contribution >= 0.6 is 0 Å². The summed E-state index contributed by atoms with van der Waals surface area (Å²) >= 11 is 0. The SMILES string of the molecule is COc1cccc(C(=O)CC(C)C)c1F. The predicted octanol–water partition coefficient (Wildman–Crippen LogP) is 3.06. The summed E-state index contributed by atoms with van der Waals surface area (Å²) in [5.41, 5.74) is 0.114. The summed E-state index contributed by atoms with van der Waals surface area (Å²) in [5, 5.41) is 0. The molecule has 0 aliphatic carbocycles. The predicted molar refractivity (Wildman–Crippen MR) is 56.7 cm³/mol. The first-order chi connectivity index (χ1) is 7.06. The van der Waals surface area contributed by atoms with Gasteiger partial charge in [-0.05, 0) is 18.1 Å². The molecule has 15 heavy (non-hydrogen) atoms. The molecule has 3 heteroatoms. The zero-order valence-electron chi connectivity index (χ0n) is 9.21. The van der Waals surface area contributed by atoms with Gasteiger partial charge in [-0.2, -0.15) is 0 Å². The number of ether oxygens (including phenoxy) is 1. The van der Waals surface area contributed by atoms with Crippen LogP contribution < -0.4 is 4.74 Å². The molecule has 2 nitrogen and oxygen atoms in total. The average molecular weight is 210 g/mol. The summed E-state index contributed by atoms with van der Waals surface area (Å²) in [6, 6.07) is 4.61. The van der Waals surface area contributed by atoms with Crippen LogP contribution in [-0.2, 0) is 0 Å². The summed E-state index contributed by atoms with van der Waals surface area (Å²) in [7, 11) is 1.38. The molecule has 82 valence electrons. The van der Waals surface area contributed by atoms with Gasteiger partial charge in [-0.1, -0.05) is 19.9 Å². The van der Waals surface area contributed by atoms with E-state index in [0.717, 1.165) is 0 Å². The first kappa shape index (κ1) is 11.7. The lowest BCUT2D eigenvalue weighted by molar-refractivity contribution is 0.0963. The highest BCUT2D eigenvalue weighted by Gasteiger charge is 2.15. The van der Waals surface area contributed by atoms with Crippen LogP contribution in [0.25, 0.3) is 0 Å². The fourth-order valence-electron chi connectivity index (χ4n) is 1.36. The van der Waals surface area contributed by atoms with Crippen molar-refractivity contribution in [2.45, 2.75) is 20.3 Å². The molecule has 0 aliphatic heterocycles. The molecule has 0 unspecified atom stereocenters. The van der Waals surface area contributed by atoms with Crippen molar-refractivity contribution < 1.29 is 13.9 Å². The topological polar surface area (TPSA) is 26.3 Å². The van der Waals surface area contributed by atoms with Gasteiger partial charge in [0.25, 0.3) is 0 Å². The van der Waals surface area contributed by atoms with E-state index in [2.05, 4.69) is 0 Å². The summed E-state index contributed by atoms with van der Waals surface area (Å²) in [6.45, 7) is 3.85. The minimum Gasteiger partial charge on any atom is -0.494 e. The number of carbonyl (C=O) groups excluding carboxylic acids is 1. The van der Waals surface area contributed by atoms with Crippen molar-refractivity contribution in [1.29, 1.82) is 0 Å². The van der Waals surface area contributed by atoms with E-state index in [1.807, 2.05) is 13.8 Å². The number of hydrogen-bond donors (Lipinski definition) is 0. The number of carbonyl (C=O) groups is 1. The lowest BCUT2D eigenvalue weighted by Gasteiger charge is -2.07. The maximum absolute atomic E-state index is 13.6. The molecular weight excluding hydrogens is 195 g/mol. The van der Waals surface area contributed by atoms with E-state index >= 15 is 0 Å². The molecule has 0 radical (unpaired) electrons. The first-order valence-electron chi connectivity index (χ1n) is 4.92. The van der Waals surface area contributed by atoms with E-state index in [1.54, 1.807) is 6.07 Å². The lowest BCUT2D eigenvalue weighted by Crippen LogP contribution is -2.06. The first-order valence-corrected chi connectivity index (χ1v) is 4.92. The summed E-state index contributed by atoms with van der Waals surface area (Å²) in [4.78, 5) is 11.6. The number of rotatable bonds is 4. The molecule has 1 aromatic carbocycles. The van der Waals surface area contributed by atoms with E-state index in [0.29, 0.717) is 6.42 Å². The number of methoxy groups -OCH3 is 1. The van der Waals surface area contributed by atoms with Gasteiger partial charge in [0, 0.05) is 6.42 Å². The Labute approximate surface area is 89.1 Å². The Balaban J connectivity index is 2.99. The van der Waals surface area contributed by atoms with Crippen LogP contribution in [-0.4, -0.2) is 12.9 Å². The van der Waals surface area contributed by atoms with E-state index < -0.39 is 5.82 Å². The second-order valence-electron chi connectivity index (χ2n) is 3.84. The molecule has 0 spiro atoms. The minimum atomic E-state index is -0.564. The van der Waals surface area contributed by atoms with E-state index in [-0.39, 0.29) is 23.0 Å². The van der Waals surface area contributed by atoms with Gasteiger partial charge in [0.05, 0.1) is 12.7 Å². The average Bonchev–Trinajstić information content (AvgIpc) is 2.17. The monoisotopic (exact) mass is 210 g/mol. The highest BCUT2D eigenvalue weighted by Crippen LogP contribution is 2.21. The fourth-order valence-corrected chi connectivity index (χ4v) is 1.36. The van der Waals surface area contributed by atoms with Crippen molar-refractivity contribution in [3.05, 3.63) is 29.6 Å². The number of hydrogen-bond acceptors (Lipinski definition) is 2. The van der Waals surface area contributed by atoms with Crippen LogP contribution in [0, 0.1) is 11.7 Å². The standard InChI is InChI=1S/C12H15FO2/c1-8(2)7-10(14)9-5-4-6-11(15-3)12(9)13/h4-6,8H,7H2,1-3H3. The van der Waals surface area contributed by atoms with Gasteiger partial charge >= 0.3 is 0 Å². The smallest absolute Gasteiger partial charge is 0.175 e. The lowest BCUT2D eigenvalue weighted by atomic mass is 10.0. The largest absolute Gasteiger partial charge is 0.494 e. The number of halogens is 1. The molecule has 1 aromatic rings. The van der Waals surface area contributed by atoms with Crippen molar-refractivity contribution in [1.82, 2.24) is 0 Å². The maximum atomic E-state index is 13.6. The van der Waals surface area contributed by atoms with Gasteiger partial charge in [0.1, 0.15) is 0 Å². The second-order valence-corrected chi connectivity index (χ2v) is 3.84. The summed E-state index contributed by atoms with van der Waals surface area (Å²) in [6.07, 6.45) is 0.351. The molecular formula is C12H15FO2. The van der Waals surface area contributed by atoms with Crippen molar-refractivity contribution in [2.24, 2.45) is 5.92 Å². The second kappa shape index (κ2) is 4.91. The molecule has 0 aromatic heterocycles. The van der Waals surface area contributed by atoms with Crippen molar-refractivity contribution in [3.63, 3.8) is 0 Å². The Morgan fingerprint density at radius 2 is 2.13 bits per heavy atom. The number of ketones is 1. The van der Waals surface area contributed by atoms with Gasteiger partial charge in [0.15, 0.2) is 17.3 Å². The number of Topliss-reactive ketones (excluding diaryl/α,β-unsaturated/α-hetero) is 1. The maximum Gasteiger partial charge on any atom is 0.175 e. The normalized spacial score (nSPS) is 10.5. The fraction of sp³-hybridized carbons (Fsp3) is 0.417. The molecule has 0 heterocycles. The van der Waals surface area contributed by atoms with Gasteiger partial charge in [0.2, 0.25) is 0 Å². The molecule has 0 atom stereocenters. The van der Waals surface area contributed by atoms with Crippen molar-refractivity contribution in [3.8, 4) is 5.75 Å². The van der Waals surface area contributed by atoms with Gasteiger partial charge < -0.3 is 4.74 Å². The molecule has 0 saturated heterocycles. The van der Waals surface area contributed by atoms with Crippen LogP contribution in [0.3, 0.4) is 0 Å². The van der Waals surface area contributed by atoms with Gasteiger partial charge in [-0.25, -0.2) is 4.39 Å². The molecule has 0 N–H and O–H groups in total. The quantitative estimate of drug-likeness (QED) is 0.714. The van der Waals surface area contributed by atoms with Gasteiger partial charge in [-0.15, -0.1) is 0 Å². The van der Waals surface area contributed by atoms with Crippen molar-refractivity contribution >= 4 is 5.78 Å². The number of benzene rings is 1. The summed E-state index contributed by atoms with van der Waals surface area (Å²) < 4.78 is 18.4. The van der Waals surface area contributed by atoms with Crippen LogP contribution in [0.4, 0.5) is 4.39 Å². The highest BCUT2D eigenvalue weighted by atomic mass is 19.1. The molecule has 0 bridgehead atoms. The van der Waals surface area contributed by atoms with Crippen LogP contribution in [0.2, 0.25) is 0 Å². The van der Waals surface area contributed by atoms with Crippen LogP contribution in [0.1, 0.15) is 30.6 Å². The molecule has 0 saturated carbocycles. The third-order valence-corrected chi connectivity index (χ3v) is 2.08. The highest BCUT2D eigenvalue weighted by molar-refractivity contribution is 5.96. The Hall–Kier alpha value is -1.38. The summed E-state index contributed by atoms with van der Waals surface area (Å²) in [5.74, 6) is -0.403. The van der Waals surface area contributed by atoms with Gasteiger partial charge in [-0.3, -0.25) is 4.79 Å². The zero-order chi connectivity index (χ0) is 11.4. The molecule has 1 rings (SSSR count). The molecule has 0 fully saturated rings. The molecule has 0 amide bonds. The van der Waals surface area contributed by atoms with Crippen molar-refractivity contribution in [2.75, 3.05) is 7.11 Å². The Morgan fingerprint density at radius 1 is 1.47 bits per heavy atom. The van der Waals surface area contributed by atoms with E-state index in [4.69, 9.17) is 4.74 Å². The van der Waals surface area contributed by atoms with E-state index in [9.17, 15) is 9.18 Å². The third-order valence-electron chi connectivity index (χ3n) is 2.08. The molecule has 0 aliphatic rings. The Bertz CT molecular complexity index is 359. The minimum absolute atomic E-state index is 0.114. The Kier molecular flexibility index (Phi) is 3.83. The van der Waals surface area contributed by atoms with Crippen LogP contribution in [0.5, 0.6) is 5.75 Å².